The van der Waals surface area contributed by atoms with Crippen LogP contribution in [0.2, 0.25) is 0 Å². The molecule has 12 heavy (non-hydrogen) atoms. The Labute approximate surface area is 78.8 Å². The first-order valence-corrected chi connectivity index (χ1v) is 4.35. The van der Waals surface area contributed by atoms with Crippen LogP contribution >= 0.6 is 12.2 Å². The van der Waals surface area contributed by atoms with Gasteiger partial charge in [-0.2, -0.15) is 0 Å². The molecule has 2 heteroatoms. The lowest BCUT2D eigenvalue weighted by Gasteiger charge is -2.07. The third-order valence-electron chi connectivity index (χ3n) is 1.69. The first-order valence-electron chi connectivity index (χ1n) is 3.94. The van der Waals surface area contributed by atoms with E-state index in [1.807, 2.05) is 6.92 Å². The largest absolute Gasteiger partial charge is 0.350 e. The highest BCUT2D eigenvalue weighted by Gasteiger charge is 1.96. The smallest absolute Gasteiger partial charge is 0.0765 e. The van der Waals surface area contributed by atoms with E-state index in [1.54, 1.807) is 0 Å². The monoisotopic (exact) mass is 179 g/mol. The van der Waals surface area contributed by atoms with Crippen molar-refractivity contribution in [3.05, 3.63) is 29.3 Å². The van der Waals surface area contributed by atoms with Crippen LogP contribution in [0.1, 0.15) is 18.1 Å². The van der Waals surface area contributed by atoms with E-state index in [-0.39, 0.29) is 0 Å². The molecule has 0 aromatic heterocycles. The summed E-state index contributed by atoms with van der Waals surface area (Å²) in [5, 5.41) is 3.13. The number of hydrogen-bond acceptors (Lipinski definition) is 1. The summed E-state index contributed by atoms with van der Waals surface area (Å²) in [6.45, 7) is 6.04. The van der Waals surface area contributed by atoms with Gasteiger partial charge in [0.15, 0.2) is 0 Å². The number of hydrogen-bond donors (Lipinski definition) is 1. The Kier molecular flexibility index (Phi) is 2.82. The maximum atomic E-state index is 4.96. The zero-order valence-corrected chi connectivity index (χ0v) is 8.46. The highest BCUT2D eigenvalue weighted by molar-refractivity contribution is 7.80. The molecule has 0 aliphatic heterocycles. The van der Waals surface area contributed by atoms with Crippen LogP contribution in [0.25, 0.3) is 0 Å². The summed E-state index contributed by atoms with van der Waals surface area (Å²) < 4.78 is 0. The molecule has 0 aliphatic carbocycles. The van der Waals surface area contributed by atoms with Gasteiger partial charge < -0.3 is 5.32 Å². The molecule has 0 bridgehead atoms. The fourth-order valence-corrected chi connectivity index (χ4v) is 1.25. The molecule has 0 heterocycles. The molecular formula is C10H13NS. The third kappa shape index (κ3) is 2.31. The fraction of sp³-hybridized carbons (Fsp3) is 0.300. The van der Waals surface area contributed by atoms with Gasteiger partial charge >= 0.3 is 0 Å². The Morgan fingerprint density at radius 3 is 2.50 bits per heavy atom. The number of benzene rings is 1. The van der Waals surface area contributed by atoms with E-state index in [2.05, 4.69) is 37.4 Å². The topological polar surface area (TPSA) is 12.0 Å². The highest BCUT2D eigenvalue weighted by atomic mass is 32.1. The molecule has 0 saturated heterocycles. The predicted molar refractivity (Wildman–Crippen MR) is 57.8 cm³/mol. The van der Waals surface area contributed by atoms with Gasteiger partial charge in [0.1, 0.15) is 0 Å². The molecule has 0 aliphatic rings. The van der Waals surface area contributed by atoms with E-state index in [4.69, 9.17) is 12.2 Å². The molecule has 0 saturated carbocycles. The minimum Gasteiger partial charge on any atom is -0.350 e. The fourth-order valence-electron chi connectivity index (χ4n) is 1.14. The van der Waals surface area contributed by atoms with Gasteiger partial charge in [0.05, 0.1) is 4.99 Å². The number of anilines is 1. The van der Waals surface area contributed by atoms with Crippen molar-refractivity contribution in [3.8, 4) is 0 Å². The van der Waals surface area contributed by atoms with Gasteiger partial charge in [0.25, 0.3) is 0 Å². The van der Waals surface area contributed by atoms with Gasteiger partial charge in [0, 0.05) is 5.69 Å². The molecule has 1 aromatic carbocycles. The van der Waals surface area contributed by atoms with Gasteiger partial charge in [-0.05, 0) is 32.4 Å². The van der Waals surface area contributed by atoms with Crippen molar-refractivity contribution in [1.29, 1.82) is 0 Å². The molecule has 0 amide bonds. The van der Waals surface area contributed by atoms with Gasteiger partial charge in [-0.3, -0.25) is 0 Å². The van der Waals surface area contributed by atoms with E-state index < -0.39 is 0 Å². The van der Waals surface area contributed by atoms with Crippen molar-refractivity contribution in [2.45, 2.75) is 20.8 Å². The SMILES string of the molecule is CC(=S)Nc1ccc(C)cc1C. The van der Waals surface area contributed by atoms with E-state index in [9.17, 15) is 0 Å². The van der Waals surface area contributed by atoms with Gasteiger partial charge in [-0.1, -0.05) is 29.9 Å². The maximum absolute atomic E-state index is 4.96. The molecule has 1 N–H and O–H groups in total. The summed E-state index contributed by atoms with van der Waals surface area (Å²) >= 11 is 4.96. The van der Waals surface area contributed by atoms with Crippen molar-refractivity contribution in [3.63, 3.8) is 0 Å². The van der Waals surface area contributed by atoms with E-state index >= 15 is 0 Å². The zero-order valence-electron chi connectivity index (χ0n) is 7.64. The third-order valence-corrected chi connectivity index (χ3v) is 1.79. The Bertz CT molecular complexity index is 305. The summed E-state index contributed by atoms with van der Waals surface area (Å²) in [6, 6.07) is 6.27. The molecule has 0 unspecified atom stereocenters. The lowest BCUT2D eigenvalue weighted by molar-refractivity contribution is 1.38. The van der Waals surface area contributed by atoms with Crippen LogP contribution in [0.4, 0.5) is 5.69 Å². The molecule has 0 spiro atoms. The molecule has 1 rings (SSSR count). The van der Waals surface area contributed by atoms with Crippen LogP contribution < -0.4 is 5.32 Å². The van der Waals surface area contributed by atoms with Crippen molar-refractivity contribution >= 4 is 22.9 Å². The van der Waals surface area contributed by atoms with E-state index in [0.717, 1.165) is 10.7 Å². The summed E-state index contributed by atoms with van der Waals surface area (Å²) in [5.74, 6) is 0. The van der Waals surface area contributed by atoms with Crippen molar-refractivity contribution in [2.24, 2.45) is 0 Å². The summed E-state index contributed by atoms with van der Waals surface area (Å²) in [6.07, 6.45) is 0. The Morgan fingerprint density at radius 1 is 1.33 bits per heavy atom. The van der Waals surface area contributed by atoms with Gasteiger partial charge in [0.2, 0.25) is 0 Å². The molecule has 64 valence electrons. The molecule has 0 radical (unpaired) electrons. The van der Waals surface area contributed by atoms with Crippen LogP contribution in [-0.2, 0) is 0 Å². The number of thiocarbonyl (C=S) groups is 1. The van der Waals surface area contributed by atoms with E-state index in [0.29, 0.717) is 0 Å². The van der Waals surface area contributed by atoms with Crippen LogP contribution in [-0.4, -0.2) is 4.99 Å². The first-order chi connectivity index (χ1) is 5.59. The second kappa shape index (κ2) is 3.68. The number of rotatable bonds is 1. The van der Waals surface area contributed by atoms with Crippen molar-refractivity contribution in [1.82, 2.24) is 0 Å². The minimum absolute atomic E-state index is 0.807. The average molecular weight is 179 g/mol. The van der Waals surface area contributed by atoms with Crippen LogP contribution in [0.15, 0.2) is 18.2 Å². The second-order valence-electron chi connectivity index (χ2n) is 3.00. The van der Waals surface area contributed by atoms with Gasteiger partial charge in [-0.25, -0.2) is 0 Å². The van der Waals surface area contributed by atoms with Crippen molar-refractivity contribution in [2.75, 3.05) is 5.32 Å². The maximum Gasteiger partial charge on any atom is 0.0765 e. The standard InChI is InChI=1S/C10H13NS/c1-7-4-5-10(8(2)6-7)11-9(3)12/h4-6H,1-3H3,(H,11,12). The number of nitrogens with one attached hydrogen (secondary N) is 1. The Morgan fingerprint density at radius 2 is 2.00 bits per heavy atom. The average Bonchev–Trinajstić information content (AvgIpc) is 1.94. The molecular weight excluding hydrogens is 166 g/mol. The summed E-state index contributed by atoms with van der Waals surface area (Å²) in [7, 11) is 0. The second-order valence-corrected chi connectivity index (χ2v) is 3.61. The zero-order chi connectivity index (χ0) is 9.14. The molecule has 0 fully saturated rings. The van der Waals surface area contributed by atoms with Crippen LogP contribution in [0.3, 0.4) is 0 Å². The van der Waals surface area contributed by atoms with Gasteiger partial charge in [-0.15, -0.1) is 0 Å². The van der Waals surface area contributed by atoms with E-state index in [1.165, 1.54) is 11.1 Å². The minimum atomic E-state index is 0.807. The normalized spacial score (nSPS) is 9.58. The van der Waals surface area contributed by atoms with Crippen LogP contribution in [0.5, 0.6) is 0 Å². The summed E-state index contributed by atoms with van der Waals surface area (Å²) in [5.41, 5.74) is 3.62. The quantitative estimate of drug-likeness (QED) is 0.665. The molecule has 1 nitrogen and oxygen atoms in total. The lowest BCUT2D eigenvalue weighted by atomic mass is 10.1. The predicted octanol–water partition coefficient (Wildman–Crippen LogP) is 3.06. The molecule has 0 atom stereocenters. The summed E-state index contributed by atoms with van der Waals surface area (Å²) in [4.78, 5) is 0.807. The van der Waals surface area contributed by atoms with Crippen molar-refractivity contribution < 1.29 is 0 Å². The first kappa shape index (κ1) is 9.20. The highest BCUT2D eigenvalue weighted by Crippen LogP contribution is 2.15. The van der Waals surface area contributed by atoms with Crippen LogP contribution in [0, 0.1) is 13.8 Å². The number of aryl methyl sites for hydroxylation is 2. The lowest BCUT2D eigenvalue weighted by Crippen LogP contribution is -2.04. The Hall–Kier alpha value is -0.890. The Balaban J connectivity index is 2.93. The molecule has 1 aromatic rings.